The molecular weight excluding hydrogens is 217 g/mol. The summed E-state index contributed by atoms with van der Waals surface area (Å²) in [6.45, 7) is 2.07. The lowest BCUT2D eigenvalue weighted by molar-refractivity contribution is 0.623. The van der Waals surface area contributed by atoms with E-state index in [-0.39, 0.29) is 5.82 Å². The number of hydrogen-bond acceptors (Lipinski definition) is 3. The van der Waals surface area contributed by atoms with Crippen LogP contribution in [0.25, 0.3) is 0 Å². The van der Waals surface area contributed by atoms with Gasteiger partial charge >= 0.3 is 0 Å². The molecule has 0 unspecified atom stereocenters. The first kappa shape index (κ1) is 10.4. The number of hydrogen-bond donors (Lipinski definition) is 0. The molecule has 1 fully saturated rings. The molecule has 1 aromatic carbocycles. The molecule has 4 heteroatoms. The second-order valence-corrected chi connectivity index (χ2v) is 4.64. The van der Waals surface area contributed by atoms with Crippen LogP contribution in [0.1, 0.15) is 12.8 Å². The highest BCUT2D eigenvalue weighted by Gasteiger charge is 2.33. The van der Waals surface area contributed by atoms with Crippen LogP contribution in [0.5, 0.6) is 0 Å². The number of nitriles is 1. The Balaban J connectivity index is 2.00. The first-order chi connectivity index (χ1) is 8.29. The van der Waals surface area contributed by atoms with E-state index in [9.17, 15) is 4.39 Å². The molecule has 0 spiro atoms. The number of nitrogens with zero attached hydrogens (tertiary/aromatic N) is 3. The van der Waals surface area contributed by atoms with Crippen LogP contribution in [0.3, 0.4) is 0 Å². The van der Waals surface area contributed by atoms with Crippen LogP contribution in [-0.4, -0.2) is 25.7 Å². The highest BCUT2D eigenvalue weighted by Crippen LogP contribution is 2.40. The average molecular weight is 231 g/mol. The molecule has 0 bridgehead atoms. The molecule has 1 aliphatic heterocycles. The van der Waals surface area contributed by atoms with Crippen LogP contribution >= 0.6 is 0 Å². The summed E-state index contributed by atoms with van der Waals surface area (Å²) in [5.74, 6) is -0.232. The van der Waals surface area contributed by atoms with Gasteiger partial charge in [0.1, 0.15) is 12.4 Å². The van der Waals surface area contributed by atoms with Crippen molar-refractivity contribution in [3.8, 4) is 6.07 Å². The molecule has 0 atom stereocenters. The third-order valence-corrected chi connectivity index (χ3v) is 3.45. The van der Waals surface area contributed by atoms with Crippen LogP contribution in [0, 0.1) is 17.1 Å². The number of rotatable bonds is 2. The van der Waals surface area contributed by atoms with E-state index in [1.807, 2.05) is 11.0 Å². The summed E-state index contributed by atoms with van der Waals surface area (Å²) in [7, 11) is 0. The van der Waals surface area contributed by atoms with Gasteiger partial charge in [-0.25, -0.2) is 4.39 Å². The summed E-state index contributed by atoms with van der Waals surface area (Å²) in [5, 5.41) is 8.80. The normalized spacial score (nSPS) is 18.8. The van der Waals surface area contributed by atoms with Crippen molar-refractivity contribution in [2.24, 2.45) is 0 Å². The molecule has 0 saturated heterocycles. The fraction of sp³-hybridized carbons (Fsp3) is 0.462. The number of anilines is 2. The molecule has 0 amide bonds. The number of halogens is 1. The van der Waals surface area contributed by atoms with E-state index < -0.39 is 0 Å². The van der Waals surface area contributed by atoms with Gasteiger partial charge in [0.25, 0.3) is 0 Å². The fourth-order valence-corrected chi connectivity index (χ4v) is 2.48. The van der Waals surface area contributed by atoms with Crippen LogP contribution in [-0.2, 0) is 0 Å². The summed E-state index contributed by atoms with van der Waals surface area (Å²) < 4.78 is 13.3. The second kappa shape index (κ2) is 3.92. The largest absolute Gasteiger partial charge is 0.365 e. The lowest BCUT2D eigenvalue weighted by Crippen LogP contribution is -2.42. The monoisotopic (exact) mass is 231 g/mol. The zero-order valence-electron chi connectivity index (χ0n) is 9.56. The van der Waals surface area contributed by atoms with Crippen molar-refractivity contribution in [2.75, 3.05) is 29.4 Å². The van der Waals surface area contributed by atoms with Gasteiger partial charge in [-0.2, -0.15) is 5.26 Å². The lowest BCUT2D eigenvalue weighted by Gasteiger charge is -2.38. The van der Waals surface area contributed by atoms with Gasteiger partial charge in [0.05, 0.1) is 17.4 Å². The molecule has 1 aliphatic carbocycles. The topological polar surface area (TPSA) is 30.3 Å². The Kier molecular flexibility index (Phi) is 2.40. The van der Waals surface area contributed by atoms with Gasteiger partial charge < -0.3 is 9.80 Å². The first-order valence-corrected chi connectivity index (χ1v) is 5.97. The van der Waals surface area contributed by atoms with Gasteiger partial charge in [0, 0.05) is 19.1 Å². The van der Waals surface area contributed by atoms with Crippen molar-refractivity contribution >= 4 is 11.4 Å². The second-order valence-electron chi connectivity index (χ2n) is 4.64. The smallest absolute Gasteiger partial charge is 0.125 e. The van der Waals surface area contributed by atoms with Crippen LogP contribution < -0.4 is 9.80 Å². The Hall–Kier alpha value is -1.76. The number of benzene rings is 1. The predicted octanol–water partition coefficient (Wildman–Crippen LogP) is 2.14. The summed E-state index contributed by atoms with van der Waals surface area (Å²) in [4.78, 5) is 4.31. The summed E-state index contributed by atoms with van der Waals surface area (Å²) in [6, 6.07) is 7.66. The Morgan fingerprint density at radius 3 is 2.82 bits per heavy atom. The highest BCUT2D eigenvalue weighted by molar-refractivity contribution is 5.74. The molecule has 0 radical (unpaired) electrons. The van der Waals surface area contributed by atoms with E-state index in [1.165, 1.54) is 18.9 Å². The molecule has 1 heterocycles. The zero-order chi connectivity index (χ0) is 11.8. The summed E-state index contributed by atoms with van der Waals surface area (Å²) >= 11 is 0. The van der Waals surface area contributed by atoms with E-state index in [2.05, 4.69) is 11.0 Å². The van der Waals surface area contributed by atoms with Crippen LogP contribution in [0.4, 0.5) is 15.8 Å². The third kappa shape index (κ3) is 1.82. The third-order valence-electron chi connectivity index (χ3n) is 3.45. The molecule has 0 N–H and O–H groups in total. The molecule has 0 aromatic heterocycles. The van der Waals surface area contributed by atoms with E-state index in [1.54, 1.807) is 6.07 Å². The minimum absolute atomic E-state index is 0.232. The maximum Gasteiger partial charge on any atom is 0.125 e. The highest BCUT2D eigenvalue weighted by atomic mass is 19.1. The van der Waals surface area contributed by atoms with E-state index in [0.29, 0.717) is 12.6 Å². The SMILES string of the molecule is N#CCN1CCN(C2CC2)c2ccc(F)cc21. The molecule has 3 rings (SSSR count). The molecule has 3 nitrogen and oxygen atoms in total. The molecule has 1 aromatic rings. The molecular formula is C13H14FN3. The average Bonchev–Trinajstić information content (AvgIpc) is 3.14. The molecule has 88 valence electrons. The van der Waals surface area contributed by atoms with Crippen molar-refractivity contribution in [1.82, 2.24) is 0 Å². The summed E-state index contributed by atoms with van der Waals surface area (Å²) in [5.41, 5.74) is 1.94. The van der Waals surface area contributed by atoms with E-state index in [0.717, 1.165) is 24.5 Å². The van der Waals surface area contributed by atoms with Crippen molar-refractivity contribution in [3.05, 3.63) is 24.0 Å². The van der Waals surface area contributed by atoms with Crippen molar-refractivity contribution in [3.63, 3.8) is 0 Å². The lowest BCUT2D eigenvalue weighted by atomic mass is 10.1. The Morgan fingerprint density at radius 2 is 2.12 bits per heavy atom. The van der Waals surface area contributed by atoms with Gasteiger partial charge in [-0.05, 0) is 31.0 Å². The Morgan fingerprint density at radius 1 is 1.29 bits per heavy atom. The Bertz CT molecular complexity index is 476. The van der Waals surface area contributed by atoms with Gasteiger partial charge in [-0.1, -0.05) is 0 Å². The molecule has 2 aliphatic rings. The van der Waals surface area contributed by atoms with Crippen LogP contribution in [0.2, 0.25) is 0 Å². The van der Waals surface area contributed by atoms with Crippen molar-refractivity contribution in [2.45, 2.75) is 18.9 Å². The van der Waals surface area contributed by atoms with Crippen molar-refractivity contribution < 1.29 is 4.39 Å². The van der Waals surface area contributed by atoms with Crippen LogP contribution in [0.15, 0.2) is 18.2 Å². The van der Waals surface area contributed by atoms with Gasteiger partial charge in [-0.15, -0.1) is 0 Å². The minimum atomic E-state index is -0.232. The predicted molar refractivity (Wildman–Crippen MR) is 64.6 cm³/mol. The molecule has 17 heavy (non-hydrogen) atoms. The fourth-order valence-electron chi connectivity index (χ4n) is 2.48. The first-order valence-electron chi connectivity index (χ1n) is 5.97. The van der Waals surface area contributed by atoms with Crippen molar-refractivity contribution in [1.29, 1.82) is 5.26 Å². The molecule has 1 saturated carbocycles. The zero-order valence-corrected chi connectivity index (χ0v) is 9.56. The van der Waals surface area contributed by atoms with Gasteiger partial charge in [0.2, 0.25) is 0 Å². The van der Waals surface area contributed by atoms with Gasteiger partial charge in [-0.3, -0.25) is 0 Å². The minimum Gasteiger partial charge on any atom is -0.365 e. The van der Waals surface area contributed by atoms with E-state index >= 15 is 0 Å². The van der Waals surface area contributed by atoms with Gasteiger partial charge in [0.15, 0.2) is 0 Å². The quantitative estimate of drug-likeness (QED) is 0.730. The standard InChI is InChI=1S/C13H14FN3/c14-10-1-4-12-13(9-10)16(6-5-15)7-8-17(12)11-2-3-11/h1,4,9,11H,2-3,6-8H2. The number of fused-ring (bicyclic) bond motifs is 1. The Labute approximate surface area is 100 Å². The maximum atomic E-state index is 13.3. The van der Waals surface area contributed by atoms with E-state index in [4.69, 9.17) is 5.26 Å². The summed E-state index contributed by atoms with van der Waals surface area (Å²) in [6.07, 6.45) is 2.46. The maximum absolute atomic E-state index is 13.3.